The second-order valence-corrected chi connectivity index (χ2v) is 3.44. The summed E-state index contributed by atoms with van der Waals surface area (Å²) in [7, 11) is 1.89. The molecule has 15 heavy (non-hydrogen) atoms. The van der Waals surface area contributed by atoms with Crippen molar-refractivity contribution in [1.82, 2.24) is 10.3 Å². The lowest BCUT2D eigenvalue weighted by Crippen LogP contribution is -2.11. The molecule has 1 aromatic carbocycles. The van der Waals surface area contributed by atoms with E-state index in [2.05, 4.69) is 10.3 Å². The van der Waals surface area contributed by atoms with Crippen molar-refractivity contribution in [2.75, 3.05) is 7.05 Å². The van der Waals surface area contributed by atoms with E-state index in [1.165, 1.54) is 6.07 Å². The van der Waals surface area contributed by atoms with Crippen molar-refractivity contribution in [3.8, 4) is 0 Å². The van der Waals surface area contributed by atoms with E-state index in [1.807, 2.05) is 20.2 Å². The number of nitrogens with one attached hydrogen (secondary N) is 2. The van der Waals surface area contributed by atoms with Gasteiger partial charge in [-0.3, -0.25) is 0 Å². The lowest BCUT2D eigenvalue weighted by atomic mass is 10.1. The number of aromatic amines is 1. The highest BCUT2D eigenvalue weighted by Gasteiger charge is 2.09. The summed E-state index contributed by atoms with van der Waals surface area (Å²) >= 11 is 0. The number of aromatic nitrogens is 1. The van der Waals surface area contributed by atoms with Gasteiger partial charge >= 0.3 is 0 Å². The summed E-state index contributed by atoms with van der Waals surface area (Å²) in [6, 6.07) is 5.02. The first kappa shape index (κ1) is 12.0. The summed E-state index contributed by atoms with van der Waals surface area (Å²) in [5, 5.41) is 4.09. The van der Waals surface area contributed by atoms with Crippen LogP contribution >= 0.6 is 12.4 Å². The molecule has 0 aliphatic heterocycles. The average Bonchev–Trinajstić information content (AvgIpc) is 2.59. The fraction of sp³-hybridized carbons (Fsp3) is 0.273. The number of halogens is 2. The van der Waals surface area contributed by atoms with Crippen LogP contribution in [0.2, 0.25) is 0 Å². The summed E-state index contributed by atoms with van der Waals surface area (Å²) in [6.07, 6.45) is 1.92. The molecule has 1 unspecified atom stereocenters. The van der Waals surface area contributed by atoms with E-state index >= 15 is 0 Å². The van der Waals surface area contributed by atoms with Crippen LogP contribution in [-0.2, 0) is 0 Å². The molecule has 4 heteroatoms. The van der Waals surface area contributed by atoms with Gasteiger partial charge in [-0.1, -0.05) is 0 Å². The van der Waals surface area contributed by atoms with Crippen LogP contribution in [-0.4, -0.2) is 12.0 Å². The topological polar surface area (TPSA) is 27.8 Å². The van der Waals surface area contributed by atoms with Gasteiger partial charge < -0.3 is 10.3 Å². The second-order valence-electron chi connectivity index (χ2n) is 3.44. The van der Waals surface area contributed by atoms with Gasteiger partial charge in [-0.25, -0.2) is 4.39 Å². The van der Waals surface area contributed by atoms with E-state index in [0.29, 0.717) is 0 Å². The number of H-pyrrole nitrogens is 1. The molecule has 0 aliphatic rings. The van der Waals surface area contributed by atoms with E-state index in [4.69, 9.17) is 0 Å². The smallest absolute Gasteiger partial charge is 0.123 e. The molecule has 0 amide bonds. The summed E-state index contributed by atoms with van der Waals surface area (Å²) < 4.78 is 13.0. The average molecular weight is 229 g/mol. The van der Waals surface area contributed by atoms with E-state index in [0.717, 1.165) is 16.5 Å². The highest BCUT2D eigenvalue weighted by atomic mass is 35.5. The lowest BCUT2D eigenvalue weighted by Gasteiger charge is -2.08. The standard InChI is InChI=1S/C11H13FN2.ClH/c1-7(13-2)10-6-14-11-4-3-8(12)5-9(10)11;/h3-7,13-14H,1-2H3;1H. The van der Waals surface area contributed by atoms with E-state index < -0.39 is 0 Å². The van der Waals surface area contributed by atoms with Crippen LogP contribution < -0.4 is 5.32 Å². The Morgan fingerprint density at radius 2 is 2.13 bits per heavy atom. The lowest BCUT2D eigenvalue weighted by molar-refractivity contribution is 0.628. The van der Waals surface area contributed by atoms with Crippen molar-refractivity contribution in [2.24, 2.45) is 0 Å². The molecule has 0 bridgehead atoms. The Labute approximate surface area is 94.3 Å². The fourth-order valence-corrected chi connectivity index (χ4v) is 1.63. The number of rotatable bonds is 2. The van der Waals surface area contributed by atoms with Gasteiger partial charge in [0.25, 0.3) is 0 Å². The normalized spacial score (nSPS) is 12.5. The van der Waals surface area contributed by atoms with Crippen molar-refractivity contribution in [2.45, 2.75) is 13.0 Å². The van der Waals surface area contributed by atoms with Crippen LogP contribution in [0.3, 0.4) is 0 Å². The van der Waals surface area contributed by atoms with Gasteiger partial charge in [0.15, 0.2) is 0 Å². The quantitative estimate of drug-likeness (QED) is 0.813. The van der Waals surface area contributed by atoms with E-state index in [9.17, 15) is 4.39 Å². The zero-order chi connectivity index (χ0) is 10.1. The number of fused-ring (bicyclic) bond motifs is 1. The monoisotopic (exact) mass is 228 g/mol. The largest absolute Gasteiger partial charge is 0.361 e. The van der Waals surface area contributed by atoms with Crippen molar-refractivity contribution in [3.05, 3.63) is 35.8 Å². The Kier molecular flexibility index (Phi) is 3.72. The van der Waals surface area contributed by atoms with Crippen molar-refractivity contribution in [1.29, 1.82) is 0 Å². The molecule has 0 saturated carbocycles. The molecule has 1 heterocycles. The third-order valence-corrected chi connectivity index (χ3v) is 2.58. The van der Waals surface area contributed by atoms with Crippen LogP contribution in [0.1, 0.15) is 18.5 Å². The predicted molar refractivity (Wildman–Crippen MR) is 63.0 cm³/mol. The van der Waals surface area contributed by atoms with Gasteiger partial charge in [0.05, 0.1) is 0 Å². The minimum absolute atomic E-state index is 0. The molecule has 1 atom stereocenters. The molecule has 0 radical (unpaired) electrons. The van der Waals surface area contributed by atoms with E-state index in [-0.39, 0.29) is 24.3 Å². The highest BCUT2D eigenvalue weighted by molar-refractivity contribution is 5.85. The fourth-order valence-electron chi connectivity index (χ4n) is 1.63. The van der Waals surface area contributed by atoms with Crippen LogP contribution in [0.25, 0.3) is 10.9 Å². The first-order valence-electron chi connectivity index (χ1n) is 4.66. The molecule has 82 valence electrons. The zero-order valence-corrected chi connectivity index (χ0v) is 9.49. The Hall–Kier alpha value is -1.06. The summed E-state index contributed by atoms with van der Waals surface area (Å²) in [6.45, 7) is 2.05. The molecule has 0 saturated heterocycles. The molecule has 1 aromatic heterocycles. The predicted octanol–water partition coefficient (Wildman–Crippen LogP) is 3.01. The minimum Gasteiger partial charge on any atom is -0.361 e. The number of hydrogen-bond acceptors (Lipinski definition) is 1. The zero-order valence-electron chi connectivity index (χ0n) is 8.67. The molecule has 2 N–H and O–H groups in total. The van der Waals surface area contributed by atoms with Crippen LogP contribution in [0.4, 0.5) is 4.39 Å². The Morgan fingerprint density at radius 3 is 2.80 bits per heavy atom. The molecule has 0 aliphatic carbocycles. The van der Waals surface area contributed by atoms with Gasteiger partial charge in [-0.05, 0) is 37.7 Å². The molecule has 2 rings (SSSR count). The van der Waals surface area contributed by atoms with Gasteiger partial charge in [0.2, 0.25) is 0 Å². The maximum atomic E-state index is 13.0. The third kappa shape index (κ3) is 2.13. The highest BCUT2D eigenvalue weighted by Crippen LogP contribution is 2.24. The van der Waals surface area contributed by atoms with Gasteiger partial charge in [-0.15, -0.1) is 12.4 Å². The van der Waals surface area contributed by atoms with Crippen LogP contribution in [0.15, 0.2) is 24.4 Å². The van der Waals surface area contributed by atoms with Gasteiger partial charge in [-0.2, -0.15) is 0 Å². The molecular weight excluding hydrogens is 215 g/mol. The molecule has 0 fully saturated rings. The molecular formula is C11H14ClFN2. The van der Waals surface area contributed by atoms with Crippen LogP contribution in [0.5, 0.6) is 0 Å². The molecule has 2 aromatic rings. The summed E-state index contributed by atoms with van der Waals surface area (Å²) in [4.78, 5) is 3.12. The van der Waals surface area contributed by atoms with Crippen LogP contribution in [0, 0.1) is 5.82 Å². The summed E-state index contributed by atoms with van der Waals surface area (Å²) in [5.41, 5.74) is 2.07. The Bertz CT molecular complexity index is 453. The van der Waals surface area contributed by atoms with Crippen molar-refractivity contribution < 1.29 is 4.39 Å². The van der Waals surface area contributed by atoms with Gasteiger partial charge in [0, 0.05) is 23.1 Å². The Morgan fingerprint density at radius 1 is 1.40 bits per heavy atom. The van der Waals surface area contributed by atoms with Crippen molar-refractivity contribution >= 4 is 23.3 Å². The van der Waals surface area contributed by atoms with Gasteiger partial charge in [0.1, 0.15) is 5.82 Å². The first-order chi connectivity index (χ1) is 6.72. The van der Waals surface area contributed by atoms with E-state index in [1.54, 1.807) is 12.1 Å². The number of hydrogen-bond donors (Lipinski definition) is 2. The maximum absolute atomic E-state index is 13.0. The minimum atomic E-state index is -0.193. The second kappa shape index (κ2) is 4.64. The Balaban J connectivity index is 0.00000112. The molecule has 2 nitrogen and oxygen atoms in total. The maximum Gasteiger partial charge on any atom is 0.123 e. The summed E-state index contributed by atoms with van der Waals surface area (Å²) in [5.74, 6) is -0.193. The SMILES string of the molecule is CNC(C)c1c[nH]c2ccc(F)cc12.Cl. The third-order valence-electron chi connectivity index (χ3n) is 2.58. The van der Waals surface area contributed by atoms with Crippen molar-refractivity contribution in [3.63, 3.8) is 0 Å². The first-order valence-corrected chi connectivity index (χ1v) is 4.66. The molecule has 0 spiro atoms. The number of benzene rings is 1.